The fourth-order valence-electron chi connectivity index (χ4n) is 13.7. The van der Waals surface area contributed by atoms with Crippen LogP contribution in [0.2, 0.25) is 69.1 Å². The molecule has 0 fully saturated rings. The second-order valence-corrected chi connectivity index (χ2v) is 82.2. The fraction of sp³-hybridized carbons (Fsp3) is 0.522. The standard InChI is InChI=1S/2C24H38GeN.C23H36GeN.C21H32GeN/c1-17-12-13-18(23(2,3)4)14-19(17)22-15-20(24(5,6)7)21(16-26(22)11)25(8,9)10;1-17(2)13-19-12-11-18(3)20(14-19)23-15-21(24(4,5)6)22(16-26(23)10)25(7,8)9;1-16(2)18-12-11-17(3)19(13-18)22-14-20(23(4,5)6)21(15-25(22)10)24(7,8)9;1-15-10-11-16(2)17(12-15)20-13-18(21(3,4)5)19(14-23(20)9)22(6,7)8/h12-16H,1-11H3;11-12,14-17H,13H2,1-10H3;11-16H,1-10H3;10-14H,1-9H3/q4*+1. The molecule has 8 rings (SSSR count). The average molecular weight is 1600 g/mol. The normalized spacial score (nSPS) is 12.8. The molecule has 4 aromatic carbocycles. The molecule has 0 radical (unpaired) electrons. The second-order valence-electron chi connectivity index (χ2n) is 40.0. The molecular weight excluding hydrogens is 1450 g/mol. The van der Waals surface area contributed by atoms with Gasteiger partial charge in [-0.05, 0) is 0 Å². The summed E-state index contributed by atoms with van der Waals surface area (Å²) in [6.45, 7) is 55.2. The van der Waals surface area contributed by atoms with Crippen molar-refractivity contribution in [1.29, 1.82) is 0 Å². The number of rotatable bonds is 11. The summed E-state index contributed by atoms with van der Waals surface area (Å²) in [4.78, 5) is 0. The Morgan fingerprint density at radius 2 is 0.580 bits per heavy atom. The Bertz CT molecular complexity index is 4190. The molecule has 0 aliphatic rings. The Kier molecular flexibility index (Phi) is 27.8. The molecule has 0 saturated carbocycles. The third-order valence-electron chi connectivity index (χ3n) is 20.0. The van der Waals surface area contributed by atoms with Gasteiger partial charge >= 0.3 is 631 Å². The Morgan fingerprint density at radius 1 is 0.310 bits per heavy atom. The van der Waals surface area contributed by atoms with E-state index >= 15 is 0 Å². The van der Waals surface area contributed by atoms with Crippen LogP contribution in [0.25, 0.3) is 45.0 Å². The van der Waals surface area contributed by atoms with Crippen LogP contribution >= 0.6 is 0 Å². The van der Waals surface area contributed by atoms with Crippen molar-refractivity contribution < 1.29 is 18.3 Å². The molecular formula is C92H144Ge4N4+4. The molecule has 4 aromatic heterocycles. The molecule has 0 aliphatic heterocycles. The molecule has 544 valence electrons. The zero-order valence-corrected chi connectivity index (χ0v) is 80.1. The van der Waals surface area contributed by atoms with E-state index in [0.717, 1.165) is 6.42 Å². The predicted octanol–water partition coefficient (Wildman–Crippen LogP) is 21.2. The fourth-order valence-corrected chi connectivity index (χ4v) is 29.1. The summed E-state index contributed by atoms with van der Waals surface area (Å²) in [6, 6.07) is 37.5. The van der Waals surface area contributed by atoms with Gasteiger partial charge in [-0.15, -0.1) is 0 Å². The van der Waals surface area contributed by atoms with E-state index in [9.17, 15) is 0 Å². The average Bonchev–Trinajstić information content (AvgIpc) is 0.780. The van der Waals surface area contributed by atoms with E-state index in [1.54, 1.807) is 17.6 Å². The van der Waals surface area contributed by atoms with E-state index in [4.69, 9.17) is 0 Å². The number of aromatic nitrogens is 4. The Labute approximate surface area is 625 Å². The van der Waals surface area contributed by atoms with Crippen LogP contribution in [0.5, 0.6) is 0 Å². The molecule has 100 heavy (non-hydrogen) atoms. The summed E-state index contributed by atoms with van der Waals surface area (Å²) in [5.41, 5.74) is 28.7. The van der Waals surface area contributed by atoms with Crippen LogP contribution in [0.4, 0.5) is 0 Å². The summed E-state index contributed by atoms with van der Waals surface area (Å²) in [6.07, 6.45) is 10.8. The first-order chi connectivity index (χ1) is 45.2. The summed E-state index contributed by atoms with van der Waals surface area (Å²) in [7, 11) is 8.83. The van der Waals surface area contributed by atoms with Gasteiger partial charge in [0.2, 0.25) is 0 Å². The van der Waals surface area contributed by atoms with Crippen molar-refractivity contribution in [3.63, 3.8) is 0 Å². The number of pyridine rings is 4. The minimum atomic E-state index is -1.96. The first-order valence-corrected chi connectivity index (χ1v) is 67.1. The summed E-state index contributed by atoms with van der Waals surface area (Å²) in [5.74, 6) is 31.2. The third kappa shape index (κ3) is 22.4. The zero-order chi connectivity index (χ0) is 76.7. The molecule has 4 heterocycles. The van der Waals surface area contributed by atoms with Crippen molar-refractivity contribution in [1.82, 2.24) is 0 Å². The third-order valence-corrected chi connectivity index (χ3v) is 36.9. The van der Waals surface area contributed by atoms with Gasteiger partial charge in [0.25, 0.3) is 0 Å². The summed E-state index contributed by atoms with van der Waals surface area (Å²) in [5, 5.41) is 0. The van der Waals surface area contributed by atoms with Crippen LogP contribution in [-0.2, 0) is 61.7 Å². The molecule has 4 nitrogen and oxygen atoms in total. The first kappa shape index (κ1) is 86.3. The van der Waals surface area contributed by atoms with Crippen molar-refractivity contribution in [2.45, 2.75) is 275 Å². The van der Waals surface area contributed by atoms with E-state index in [1.807, 2.05) is 0 Å². The van der Waals surface area contributed by atoms with Crippen molar-refractivity contribution in [2.24, 2.45) is 34.1 Å². The molecule has 0 spiro atoms. The van der Waals surface area contributed by atoms with E-state index in [2.05, 4.69) is 404 Å². The van der Waals surface area contributed by atoms with Crippen molar-refractivity contribution in [3.8, 4) is 45.0 Å². The van der Waals surface area contributed by atoms with Crippen molar-refractivity contribution >= 4 is 70.6 Å². The van der Waals surface area contributed by atoms with E-state index in [0.29, 0.717) is 11.8 Å². The number of hydrogen-bond donors (Lipinski definition) is 0. The van der Waals surface area contributed by atoms with Gasteiger partial charge in [-0.1, -0.05) is 0 Å². The van der Waals surface area contributed by atoms with Crippen LogP contribution in [0.3, 0.4) is 0 Å². The number of benzene rings is 4. The van der Waals surface area contributed by atoms with E-state index in [-0.39, 0.29) is 27.1 Å². The van der Waals surface area contributed by atoms with Crippen LogP contribution in [0.15, 0.2) is 122 Å². The number of hydrogen-bond acceptors (Lipinski definition) is 0. The SMILES string of the molecule is Cc1ccc(C(C)(C)C)cc1-c1cc(C(C)(C)C)[c]([Ge]([CH3])([CH3])[CH3])c[n+]1C.Cc1ccc(C(C)C)cc1-c1cc(C(C)(C)C)[c]([Ge]([CH3])([CH3])[CH3])c[n+]1C.Cc1ccc(C)c(-c2cc(C(C)(C)C)[c]([Ge]([CH3])([CH3])[CH3])c[n+]2C)c1.Cc1ccc(CC(C)C)cc1-c1cc(C(C)(C)C)[c]([Ge]([CH3])([CH3])[CH3])c[n+]1C. The quantitative estimate of drug-likeness (QED) is 0.0906. The zero-order valence-electron chi connectivity index (χ0n) is 71.7. The van der Waals surface area contributed by atoms with Gasteiger partial charge < -0.3 is 0 Å². The molecule has 0 aliphatic carbocycles. The van der Waals surface area contributed by atoms with E-state index < -0.39 is 53.1 Å². The molecule has 8 heteroatoms. The van der Waals surface area contributed by atoms with Crippen LogP contribution in [0.1, 0.15) is 204 Å². The summed E-state index contributed by atoms with van der Waals surface area (Å²) >= 11 is -7.78. The maximum atomic E-state index is 2.50. The topological polar surface area (TPSA) is 15.5 Å². The monoisotopic (exact) mass is 1600 g/mol. The van der Waals surface area contributed by atoms with Crippen LogP contribution in [-0.4, -0.2) is 53.1 Å². The maximum absolute atomic E-state index is 2.50. The van der Waals surface area contributed by atoms with Gasteiger partial charge in [0.1, 0.15) is 0 Å². The molecule has 8 aromatic rings. The number of nitrogens with zero attached hydrogens (tertiary/aromatic N) is 4. The van der Waals surface area contributed by atoms with Crippen molar-refractivity contribution in [3.05, 3.63) is 189 Å². The second kappa shape index (κ2) is 32.2. The van der Waals surface area contributed by atoms with E-state index in [1.165, 1.54) is 112 Å². The van der Waals surface area contributed by atoms with Gasteiger partial charge in [0.05, 0.1) is 0 Å². The minimum absolute atomic E-state index is 0.159. The van der Waals surface area contributed by atoms with Crippen LogP contribution < -0.4 is 35.9 Å². The Morgan fingerprint density at radius 3 is 0.860 bits per heavy atom. The molecule has 0 bridgehead atoms. The van der Waals surface area contributed by atoms with Gasteiger partial charge in [0.15, 0.2) is 0 Å². The van der Waals surface area contributed by atoms with Crippen LogP contribution in [0, 0.1) is 40.5 Å². The Balaban J connectivity index is 0.000000241. The first-order valence-electron chi connectivity index (χ1n) is 37.7. The van der Waals surface area contributed by atoms with Crippen molar-refractivity contribution in [2.75, 3.05) is 0 Å². The van der Waals surface area contributed by atoms with Gasteiger partial charge in [-0.2, -0.15) is 0 Å². The summed E-state index contributed by atoms with van der Waals surface area (Å²) < 4.78 is 15.9. The van der Waals surface area contributed by atoms with Gasteiger partial charge in [-0.25, -0.2) is 0 Å². The molecule has 0 saturated heterocycles. The molecule has 0 unspecified atom stereocenters. The molecule has 0 atom stereocenters. The predicted molar refractivity (Wildman–Crippen MR) is 454 cm³/mol. The number of aryl methyl sites for hydroxylation is 9. The molecule has 0 amide bonds. The van der Waals surface area contributed by atoms with Gasteiger partial charge in [-0.3, -0.25) is 0 Å². The molecule has 0 N–H and O–H groups in total. The Hall–Kier alpha value is -4.35. The van der Waals surface area contributed by atoms with Gasteiger partial charge in [0, 0.05) is 0 Å².